The molecule has 0 saturated heterocycles. The molecule has 0 unspecified atom stereocenters. The minimum atomic E-state index is -0.612. The Balaban J connectivity index is 2.20. The lowest BCUT2D eigenvalue weighted by atomic mass is 10.1. The summed E-state index contributed by atoms with van der Waals surface area (Å²) in [6, 6.07) is 11.9. The van der Waals surface area contributed by atoms with Crippen LogP contribution < -0.4 is 15.2 Å². The van der Waals surface area contributed by atoms with Crippen LogP contribution in [0.15, 0.2) is 42.5 Å². The molecule has 0 aliphatic carbocycles. The molecule has 7 heteroatoms. The van der Waals surface area contributed by atoms with Crippen LogP contribution in [-0.4, -0.2) is 37.5 Å². The van der Waals surface area contributed by atoms with Crippen LogP contribution in [0.1, 0.15) is 15.9 Å². The summed E-state index contributed by atoms with van der Waals surface area (Å²) in [6.07, 6.45) is 0. The quantitative estimate of drug-likeness (QED) is 0.820. The van der Waals surface area contributed by atoms with Gasteiger partial charge in [-0.2, -0.15) is 0 Å². The first kappa shape index (κ1) is 18.6. The number of amides is 2. The number of nitrogens with zero attached hydrogens (tertiary/aromatic N) is 1. The van der Waals surface area contributed by atoms with Gasteiger partial charge in [0.05, 0.1) is 12.7 Å². The summed E-state index contributed by atoms with van der Waals surface area (Å²) in [5.74, 6) is 0.0693. The van der Waals surface area contributed by atoms with Crippen LogP contribution in [0.2, 0.25) is 5.02 Å². The molecule has 0 saturated carbocycles. The molecule has 25 heavy (non-hydrogen) atoms. The smallest absolute Gasteiger partial charge is 0.257 e. The second kappa shape index (κ2) is 8.39. The molecule has 0 aromatic heterocycles. The fraction of sp³-hybridized carbons (Fsp3) is 0.222. The number of carbonyl (C=O) groups excluding carboxylic acids is 2. The fourth-order valence-electron chi connectivity index (χ4n) is 2.32. The van der Waals surface area contributed by atoms with Gasteiger partial charge >= 0.3 is 0 Å². The van der Waals surface area contributed by atoms with Crippen molar-refractivity contribution in [3.8, 4) is 11.5 Å². The summed E-state index contributed by atoms with van der Waals surface area (Å²) >= 11 is 6.03. The lowest BCUT2D eigenvalue weighted by Crippen LogP contribution is -2.27. The van der Waals surface area contributed by atoms with Gasteiger partial charge in [-0.15, -0.1) is 0 Å². The number of para-hydroxylation sites is 1. The zero-order chi connectivity index (χ0) is 18.4. The number of benzene rings is 2. The molecule has 2 aromatic rings. The van der Waals surface area contributed by atoms with Gasteiger partial charge in [-0.05, 0) is 30.3 Å². The molecule has 2 amide bonds. The van der Waals surface area contributed by atoms with Gasteiger partial charge in [-0.1, -0.05) is 23.7 Å². The molecule has 0 radical (unpaired) electrons. The maximum Gasteiger partial charge on any atom is 0.257 e. The zero-order valence-electron chi connectivity index (χ0n) is 14.0. The molecular weight excluding hydrogens is 344 g/mol. The molecular formula is C18H19ClN2O4. The van der Waals surface area contributed by atoms with E-state index in [-0.39, 0.29) is 12.5 Å². The van der Waals surface area contributed by atoms with E-state index in [2.05, 4.69) is 0 Å². The van der Waals surface area contributed by atoms with E-state index in [0.29, 0.717) is 28.6 Å². The van der Waals surface area contributed by atoms with Gasteiger partial charge in [-0.25, -0.2) is 0 Å². The van der Waals surface area contributed by atoms with Crippen molar-refractivity contribution in [1.29, 1.82) is 0 Å². The molecule has 2 N–H and O–H groups in total. The highest BCUT2D eigenvalue weighted by atomic mass is 35.5. The SMILES string of the molecule is COc1ccc(Cl)cc1CN(C)C(=O)c1ccccc1OCC(N)=O. The Bertz CT molecular complexity index is 779. The highest BCUT2D eigenvalue weighted by Gasteiger charge is 2.18. The van der Waals surface area contributed by atoms with Gasteiger partial charge in [-0.3, -0.25) is 9.59 Å². The topological polar surface area (TPSA) is 81.9 Å². The predicted molar refractivity (Wildman–Crippen MR) is 94.9 cm³/mol. The molecule has 2 rings (SSSR count). The Morgan fingerprint density at radius 3 is 2.56 bits per heavy atom. The summed E-state index contributed by atoms with van der Waals surface area (Å²) in [5, 5.41) is 0.557. The number of nitrogens with two attached hydrogens (primary N) is 1. The molecule has 6 nitrogen and oxygen atoms in total. The first-order valence-corrected chi connectivity index (χ1v) is 7.88. The van der Waals surface area contributed by atoms with Crippen LogP contribution >= 0.6 is 11.6 Å². The number of methoxy groups -OCH3 is 1. The molecule has 0 atom stereocenters. The molecule has 0 bridgehead atoms. The molecule has 0 heterocycles. The van der Waals surface area contributed by atoms with E-state index < -0.39 is 5.91 Å². The van der Waals surface area contributed by atoms with Gasteiger partial charge in [0.1, 0.15) is 11.5 Å². The minimum Gasteiger partial charge on any atom is -0.496 e. The van der Waals surface area contributed by atoms with Crippen LogP contribution in [0.5, 0.6) is 11.5 Å². The van der Waals surface area contributed by atoms with Crippen LogP contribution in [0.4, 0.5) is 0 Å². The van der Waals surface area contributed by atoms with Crippen molar-refractivity contribution in [2.45, 2.75) is 6.54 Å². The number of primary amides is 1. The first-order chi connectivity index (χ1) is 11.9. The summed E-state index contributed by atoms with van der Waals surface area (Å²) in [7, 11) is 3.22. The van der Waals surface area contributed by atoms with E-state index in [1.54, 1.807) is 56.6 Å². The second-order valence-corrected chi connectivity index (χ2v) is 5.80. The van der Waals surface area contributed by atoms with Gasteiger partial charge in [0.15, 0.2) is 6.61 Å². The van der Waals surface area contributed by atoms with E-state index in [4.69, 9.17) is 26.8 Å². The third-order valence-electron chi connectivity index (χ3n) is 3.48. The van der Waals surface area contributed by atoms with E-state index in [1.165, 1.54) is 4.90 Å². The Hall–Kier alpha value is -2.73. The molecule has 2 aromatic carbocycles. The lowest BCUT2D eigenvalue weighted by Gasteiger charge is -2.20. The monoisotopic (exact) mass is 362 g/mol. The fourth-order valence-corrected chi connectivity index (χ4v) is 2.52. The Kier molecular flexibility index (Phi) is 6.25. The van der Waals surface area contributed by atoms with Crippen LogP contribution in [0.3, 0.4) is 0 Å². The van der Waals surface area contributed by atoms with E-state index in [1.807, 2.05) is 0 Å². The number of halogens is 1. The largest absolute Gasteiger partial charge is 0.496 e. The third kappa shape index (κ3) is 4.87. The normalized spacial score (nSPS) is 10.2. The van der Waals surface area contributed by atoms with Gasteiger partial charge in [0.25, 0.3) is 11.8 Å². The maximum absolute atomic E-state index is 12.8. The van der Waals surface area contributed by atoms with Crippen molar-refractivity contribution >= 4 is 23.4 Å². The van der Waals surface area contributed by atoms with E-state index in [0.717, 1.165) is 5.56 Å². The van der Waals surface area contributed by atoms with Crippen molar-refractivity contribution in [3.05, 3.63) is 58.6 Å². The molecule has 0 aliphatic heterocycles. The summed E-state index contributed by atoms with van der Waals surface area (Å²) < 4.78 is 10.6. The average Bonchev–Trinajstić information content (AvgIpc) is 2.59. The number of hydrogen-bond acceptors (Lipinski definition) is 4. The van der Waals surface area contributed by atoms with Crippen molar-refractivity contribution in [3.63, 3.8) is 0 Å². The predicted octanol–water partition coefficient (Wildman–Crippen LogP) is 2.48. The average molecular weight is 363 g/mol. The highest BCUT2D eigenvalue weighted by Crippen LogP contribution is 2.25. The standard InChI is InChI=1S/C18H19ClN2O4/c1-21(10-12-9-13(19)7-8-15(12)24-2)18(23)14-5-3-4-6-16(14)25-11-17(20)22/h3-9H,10-11H2,1-2H3,(H2,20,22). The molecule has 132 valence electrons. The number of ether oxygens (including phenoxy) is 2. The van der Waals surface area contributed by atoms with Gasteiger partial charge in [0.2, 0.25) is 0 Å². The van der Waals surface area contributed by atoms with Crippen LogP contribution in [0.25, 0.3) is 0 Å². The zero-order valence-corrected chi connectivity index (χ0v) is 14.7. The lowest BCUT2D eigenvalue weighted by molar-refractivity contribution is -0.119. The second-order valence-electron chi connectivity index (χ2n) is 5.37. The minimum absolute atomic E-state index is 0.262. The Morgan fingerprint density at radius 1 is 1.16 bits per heavy atom. The van der Waals surface area contributed by atoms with Crippen LogP contribution in [0, 0.1) is 0 Å². The summed E-state index contributed by atoms with van der Waals surface area (Å²) in [5.41, 5.74) is 6.21. The number of rotatable bonds is 7. The molecule has 0 spiro atoms. The molecule has 0 fully saturated rings. The van der Waals surface area contributed by atoms with Crippen molar-refractivity contribution < 1.29 is 19.1 Å². The van der Waals surface area contributed by atoms with Crippen molar-refractivity contribution in [2.75, 3.05) is 20.8 Å². The van der Waals surface area contributed by atoms with E-state index in [9.17, 15) is 9.59 Å². The Morgan fingerprint density at radius 2 is 1.88 bits per heavy atom. The number of carbonyl (C=O) groups is 2. The third-order valence-corrected chi connectivity index (χ3v) is 3.72. The summed E-state index contributed by atoms with van der Waals surface area (Å²) in [4.78, 5) is 25.2. The highest BCUT2D eigenvalue weighted by molar-refractivity contribution is 6.30. The summed E-state index contributed by atoms with van der Waals surface area (Å²) in [6.45, 7) is 0.00282. The van der Waals surface area contributed by atoms with Gasteiger partial charge < -0.3 is 20.1 Å². The van der Waals surface area contributed by atoms with Crippen LogP contribution in [-0.2, 0) is 11.3 Å². The maximum atomic E-state index is 12.8. The van der Waals surface area contributed by atoms with Gasteiger partial charge in [0, 0.05) is 24.2 Å². The Labute approximate surface area is 151 Å². The molecule has 0 aliphatic rings. The first-order valence-electron chi connectivity index (χ1n) is 7.50. The van der Waals surface area contributed by atoms with Crippen molar-refractivity contribution in [2.24, 2.45) is 5.73 Å². The number of hydrogen-bond donors (Lipinski definition) is 1. The van der Waals surface area contributed by atoms with E-state index >= 15 is 0 Å². The van der Waals surface area contributed by atoms with Crippen molar-refractivity contribution in [1.82, 2.24) is 4.90 Å².